The minimum Gasteiger partial charge on any atom is -0.393 e. The molecule has 1 aromatic carbocycles. The molecule has 1 aliphatic rings. The number of halogens is 4. The molecule has 4 nitrogen and oxygen atoms in total. The average molecular weight is 351 g/mol. The van der Waals surface area contributed by atoms with Crippen LogP contribution in [0, 0.1) is 0 Å². The highest BCUT2D eigenvalue weighted by atomic mass is 35.5. The Hall–Kier alpha value is -1.31. The van der Waals surface area contributed by atoms with Crippen molar-refractivity contribution < 1.29 is 23.1 Å². The maximum absolute atomic E-state index is 12.8. The fraction of sp³-hybridized carbons (Fsp3) is 0.533. The smallest absolute Gasteiger partial charge is 0.393 e. The number of nitrogens with one attached hydrogen (secondary N) is 1. The number of nitrogens with zero attached hydrogens (tertiary/aromatic N) is 1. The van der Waals surface area contributed by atoms with Gasteiger partial charge >= 0.3 is 6.18 Å². The van der Waals surface area contributed by atoms with E-state index in [4.69, 9.17) is 11.6 Å². The van der Waals surface area contributed by atoms with Crippen LogP contribution in [0.5, 0.6) is 0 Å². The van der Waals surface area contributed by atoms with E-state index < -0.39 is 28.7 Å². The number of amides is 1. The van der Waals surface area contributed by atoms with Gasteiger partial charge in [0.25, 0.3) is 0 Å². The van der Waals surface area contributed by atoms with Gasteiger partial charge in [0.1, 0.15) is 0 Å². The highest BCUT2D eigenvalue weighted by Gasteiger charge is 2.33. The van der Waals surface area contributed by atoms with Gasteiger partial charge in [0, 0.05) is 18.8 Å². The minimum absolute atomic E-state index is 0.0515. The summed E-state index contributed by atoms with van der Waals surface area (Å²) in [6, 6.07) is 2.78. The second-order valence-electron chi connectivity index (χ2n) is 5.62. The Morgan fingerprint density at radius 2 is 2.00 bits per heavy atom. The fourth-order valence-electron chi connectivity index (χ4n) is 2.51. The normalized spacial score (nSPS) is 18.7. The molecule has 0 aliphatic carbocycles. The van der Waals surface area contributed by atoms with Crippen molar-refractivity contribution in [3.63, 3.8) is 0 Å². The van der Waals surface area contributed by atoms with Gasteiger partial charge in [-0.05, 0) is 38.0 Å². The molecule has 1 aromatic rings. The third-order valence-corrected chi connectivity index (χ3v) is 4.30. The first kappa shape index (κ1) is 18.0. The number of carbonyl (C=O) groups excluding carboxylic acids is 1. The molecule has 2 N–H and O–H groups in total. The number of hydrogen-bond donors (Lipinski definition) is 2. The van der Waals surface area contributed by atoms with E-state index in [0.717, 1.165) is 12.1 Å². The lowest BCUT2D eigenvalue weighted by molar-refractivity contribution is -0.137. The summed E-state index contributed by atoms with van der Waals surface area (Å²) >= 11 is 5.55. The van der Waals surface area contributed by atoms with E-state index in [9.17, 15) is 23.1 Å². The van der Waals surface area contributed by atoms with Crippen molar-refractivity contribution >= 4 is 23.2 Å². The van der Waals surface area contributed by atoms with Crippen molar-refractivity contribution in [3.05, 3.63) is 28.8 Å². The van der Waals surface area contributed by atoms with Gasteiger partial charge in [0.15, 0.2) is 0 Å². The van der Waals surface area contributed by atoms with Crippen LogP contribution in [0.2, 0.25) is 5.02 Å². The second-order valence-corrected chi connectivity index (χ2v) is 6.03. The van der Waals surface area contributed by atoms with E-state index in [2.05, 4.69) is 5.32 Å². The zero-order chi connectivity index (χ0) is 17.2. The Morgan fingerprint density at radius 3 is 2.57 bits per heavy atom. The topological polar surface area (TPSA) is 52.6 Å². The average Bonchev–Trinajstić information content (AvgIpc) is 2.48. The first-order chi connectivity index (χ1) is 10.7. The Kier molecular flexibility index (Phi) is 5.54. The minimum atomic E-state index is -4.58. The third kappa shape index (κ3) is 4.59. The Bertz CT molecular complexity index is 572. The summed E-state index contributed by atoms with van der Waals surface area (Å²) in [7, 11) is 0. The molecule has 0 unspecified atom stereocenters. The highest BCUT2D eigenvalue weighted by Crippen LogP contribution is 2.36. The van der Waals surface area contributed by atoms with E-state index >= 15 is 0 Å². The van der Waals surface area contributed by atoms with Gasteiger partial charge in [-0.15, -0.1) is 0 Å². The van der Waals surface area contributed by atoms with E-state index in [1.165, 1.54) is 6.07 Å². The van der Waals surface area contributed by atoms with Crippen LogP contribution in [0.15, 0.2) is 18.2 Å². The number of rotatable bonds is 3. The second kappa shape index (κ2) is 7.07. The fourth-order valence-corrected chi connectivity index (χ4v) is 2.73. The number of benzene rings is 1. The molecule has 1 heterocycles. The number of anilines is 1. The molecule has 1 aliphatic heterocycles. The molecular formula is C15H18ClF3N2O2. The van der Waals surface area contributed by atoms with Gasteiger partial charge < -0.3 is 10.4 Å². The number of aliphatic hydroxyl groups is 1. The lowest BCUT2D eigenvalue weighted by atomic mass is 10.1. The van der Waals surface area contributed by atoms with Crippen LogP contribution in [-0.4, -0.2) is 41.1 Å². The number of carbonyl (C=O) groups is 1. The molecule has 1 fully saturated rings. The molecule has 0 spiro atoms. The van der Waals surface area contributed by atoms with Crippen molar-refractivity contribution in [2.24, 2.45) is 0 Å². The maximum Gasteiger partial charge on any atom is 0.417 e. The quantitative estimate of drug-likeness (QED) is 0.880. The van der Waals surface area contributed by atoms with Gasteiger partial charge in [-0.2, -0.15) is 13.2 Å². The van der Waals surface area contributed by atoms with Crippen molar-refractivity contribution in [2.45, 2.75) is 38.1 Å². The first-order valence-electron chi connectivity index (χ1n) is 7.28. The molecule has 128 valence electrons. The van der Waals surface area contributed by atoms with E-state index in [1.807, 2.05) is 4.90 Å². The molecule has 2 rings (SSSR count). The largest absolute Gasteiger partial charge is 0.417 e. The Labute approximate surface area is 137 Å². The molecule has 1 amide bonds. The van der Waals surface area contributed by atoms with Crippen LogP contribution >= 0.6 is 11.6 Å². The van der Waals surface area contributed by atoms with Crippen molar-refractivity contribution in [3.8, 4) is 0 Å². The van der Waals surface area contributed by atoms with Crippen molar-refractivity contribution in [2.75, 3.05) is 18.4 Å². The summed E-state index contributed by atoms with van der Waals surface area (Å²) in [5.41, 5.74) is -0.929. The predicted octanol–water partition coefficient (Wildman–Crippen LogP) is 3.14. The monoisotopic (exact) mass is 350 g/mol. The van der Waals surface area contributed by atoms with Gasteiger partial charge in [-0.1, -0.05) is 11.6 Å². The lowest BCUT2D eigenvalue weighted by Crippen LogP contribution is -2.47. The summed E-state index contributed by atoms with van der Waals surface area (Å²) in [5.74, 6) is -0.392. The van der Waals surface area contributed by atoms with Crippen LogP contribution in [0.25, 0.3) is 0 Å². The number of piperidine rings is 1. The molecular weight excluding hydrogens is 333 g/mol. The zero-order valence-corrected chi connectivity index (χ0v) is 13.3. The van der Waals surface area contributed by atoms with Gasteiger partial charge in [0.2, 0.25) is 5.91 Å². The summed E-state index contributed by atoms with van der Waals surface area (Å²) < 4.78 is 38.5. The van der Waals surface area contributed by atoms with E-state index in [-0.39, 0.29) is 11.8 Å². The highest BCUT2D eigenvalue weighted by molar-refractivity contribution is 6.31. The van der Waals surface area contributed by atoms with Crippen LogP contribution < -0.4 is 5.32 Å². The number of hydrogen-bond acceptors (Lipinski definition) is 3. The molecule has 8 heteroatoms. The third-order valence-electron chi connectivity index (χ3n) is 3.97. The van der Waals surface area contributed by atoms with Gasteiger partial charge in [-0.3, -0.25) is 9.69 Å². The number of aliphatic hydroxyl groups excluding tert-OH is 1. The summed E-state index contributed by atoms with van der Waals surface area (Å²) in [4.78, 5) is 14.1. The van der Waals surface area contributed by atoms with E-state index in [0.29, 0.717) is 25.9 Å². The van der Waals surface area contributed by atoms with Gasteiger partial charge in [0.05, 0.1) is 22.7 Å². The van der Waals surface area contributed by atoms with Crippen molar-refractivity contribution in [1.29, 1.82) is 0 Å². The zero-order valence-electron chi connectivity index (χ0n) is 12.5. The molecule has 1 saturated heterocycles. The summed E-state index contributed by atoms with van der Waals surface area (Å²) in [6.07, 6.45) is -3.77. The predicted molar refractivity (Wildman–Crippen MR) is 81.4 cm³/mol. The Morgan fingerprint density at radius 1 is 1.39 bits per heavy atom. The van der Waals surface area contributed by atoms with Crippen molar-refractivity contribution in [1.82, 2.24) is 4.90 Å². The SMILES string of the molecule is C[C@H](C(=O)Nc1ccc(Cl)c(C(F)(F)F)c1)N1CCC(O)CC1. The van der Waals surface area contributed by atoms with Gasteiger partial charge in [-0.25, -0.2) is 0 Å². The molecule has 1 atom stereocenters. The summed E-state index contributed by atoms with van der Waals surface area (Å²) in [5, 5.41) is 11.5. The lowest BCUT2D eigenvalue weighted by Gasteiger charge is -2.33. The standard InChI is InChI=1S/C15H18ClF3N2O2/c1-9(21-6-4-11(22)5-7-21)14(23)20-10-2-3-13(16)12(8-10)15(17,18)19/h2-3,8-9,11,22H,4-7H2,1H3,(H,20,23)/t9-/m1/s1. The van der Waals surface area contributed by atoms with Crippen LogP contribution in [-0.2, 0) is 11.0 Å². The van der Waals surface area contributed by atoms with Crippen LogP contribution in [0.1, 0.15) is 25.3 Å². The molecule has 0 saturated carbocycles. The maximum atomic E-state index is 12.8. The first-order valence-corrected chi connectivity index (χ1v) is 7.66. The Balaban J connectivity index is 2.05. The number of alkyl halides is 3. The molecule has 23 heavy (non-hydrogen) atoms. The molecule has 0 bridgehead atoms. The molecule has 0 radical (unpaired) electrons. The van der Waals surface area contributed by atoms with Crippen LogP contribution in [0.4, 0.5) is 18.9 Å². The van der Waals surface area contributed by atoms with Crippen LogP contribution in [0.3, 0.4) is 0 Å². The number of likely N-dealkylation sites (tertiary alicyclic amines) is 1. The summed E-state index contributed by atoms with van der Waals surface area (Å²) in [6.45, 7) is 2.84. The van der Waals surface area contributed by atoms with E-state index in [1.54, 1.807) is 6.92 Å². The molecule has 0 aromatic heterocycles.